The zero-order valence-electron chi connectivity index (χ0n) is 30.3. The number of Topliss-reactive ketones (excluding diaryl/α,β-unsaturated/α-hetero) is 1. The Morgan fingerprint density at radius 2 is 1.61 bits per heavy atom. The topological polar surface area (TPSA) is 183 Å². The van der Waals surface area contributed by atoms with Crippen LogP contribution in [0.4, 0.5) is 4.79 Å². The summed E-state index contributed by atoms with van der Waals surface area (Å²) in [4.78, 5) is 94.4. The summed E-state index contributed by atoms with van der Waals surface area (Å²) in [6.07, 6.45) is 0.179. The first kappa shape index (κ1) is 40.7. The average molecular weight is 687 g/mol. The van der Waals surface area contributed by atoms with Crippen LogP contribution in [0.15, 0.2) is 30.3 Å². The maximum absolute atomic E-state index is 13.9. The van der Waals surface area contributed by atoms with Gasteiger partial charge in [0.25, 0.3) is 5.91 Å². The van der Waals surface area contributed by atoms with E-state index in [4.69, 9.17) is 4.74 Å². The molecule has 14 heteroatoms. The van der Waals surface area contributed by atoms with Gasteiger partial charge in [0, 0.05) is 20.6 Å². The lowest BCUT2D eigenvalue weighted by molar-refractivity contribution is -0.144. The minimum Gasteiger partial charge on any atom is -0.449 e. The van der Waals surface area contributed by atoms with E-state index >= 15 is 0 Å². The van der Waals surface area contributed by atoms with Crippen molar-refractivity contribution >= 4 is 41.4 Å². The molecule has 2 rings (SSSR count). The molecule has 1 heterocycles. The van der Waals surface area contributed by atoms with Gasteiger partial charge in [-0.15, -0.1) is 0 Å². The van der Waals surface area contributed by atoms with Crippen molar-refractivity contribution in [1.82, 2.24) is 31.1 Å². The second kappa shape index (κ2) is 18.3. The van der Waals surface area contributed by atoms with Crippen LogP contribution in [-0.2, 0) is 33.5 Å². The summed E-state index contributed by atoms with van der Waals surface area (Å²) in [5.41, 5.74) is -0.167. The number of benzene rings is 1. The fraction of sp³-hybridized carbons (Fsp3) is 0.629. The lowest BCUT2D eigenvalue weighted by Crippen LogP contribution is -2.59. The maximum atomic E-state index is 13.9. The first-order valence-electron chi connectivity index (χ1n) is 16.8. The predicted molar refractivity (Wildman–Crippen MR) is 183 cm³/mol. The third kappa shape index (κ3) is 12.2. The third-order valence-corrected chi connectivity index (χ3v) is 7.99. The molecule has 1 aliphatic rings. The third-order valence-electron chi connectivity index (χ3n) is 7.99. The van der Waals surface area contributed by atoms with Gasteiger partial charge < -0.3 is 35.8 Å². The fourth-order valence-electron chi connectivity index (χ4n) is 5.39. The van der Waals surface area contributed by atoms with Gasteiger partial charge in [-0.1, -0.05) is 85.2 Å². The number of rotatable bonds is 15. The van der Waals surface area contributed by atoms with Gasteiger partial charge in [0.1, 0.15) is 18.1 Å². The molecule has 1 saturated heterocycles. The van der Waals surface area contributed by atoms with E-state index in [-0.39, 0.29) is 37.3 Å². The van der Waals surface area contributed by atoms with E-state index in [9.17, 15) is 33.6 Å². The number of alkyl carbamates (subject to hydrolysis) is 1. The normalized spacial score (nSPS) is 17.7. The number of hydrogen-bond donors (Lipinski definition) is 4. The summed E-state index contributed by atoms with van der Waals surface area (Å²) in [6, 6.07) is 4.47. The molecule has 1 aromatic rings. The lowest BCUT2D eigenvalue weighted by Gasteiger charge is -2.35. The van der Waals surface area contributed by atoms with Gasteiger partial charge in [-0.3, -0.25) is 28.8 Å². The molecule has 6 amide bonds. The second-order valence-electron chi connectivity index (χ2n) is 14.3. The second-order valence-corrected chi connectivity index (χ2v) is 14.3. The molecule has 0 bridgehead atoms. The number of likely N-dealkylation sites (tertiary alicyclic amines) is 1. The van der Waals surface area contributed by atoms with Gasteiger partial charge >= 0.3 is 6.09 Å². The molecule has 4 N–H and O–H groups in total. The Morgan fingerprint density at radius 3 is 2.16 bits per heavy atom. The zero-order chi connectivity index (χ0) is 37.1. The summed E-state index contributed by atoms with van der Waals surface area (Å²) >= 11 is 0. The van der Waals surface area contributed by atoms with Crippen molar-refractivity contribution in [2.45, 2.75) is 91.9 Å². The van der Waals surface area contributed by atoms with Crippen LogP contribution >= 0.6 is 0 Å². The lowest BCUT2D eigenvalue weighted by atomic mass is 9.85. The fourth-order valence-corrected chi connectivity index (χ4v) is 5.39. The van der Waals surface area contributed by atoms with Crippen molar-refractivity contribution < 1.29 is 38.3 Å². The standard InChI is InChI=1S/C35H54N6O8/c1-10-14-24(28(43)31(45)36-18-26(42)38-27(32(46)40(8)9)23-15-12-11-13-16-23)37-30(44)25-17-22(4)19-41(25)33(47)29(35(5,6)7)39-34(48)49-20-21(2)3/h11-13,15-16,21-22,24-25,27,29H,10,14,17-20H2,1-9H3,(H,36,45)(H,37,44)(H,38,42)(H,39,48)/t22-,24+,25+,27?,29-/m1/s1. The highest BCUT2D eigenvalue weighted by molar-refractivity contribution is 6.38. The minimum atomic E-state index is -1.21. The van der Waals surface area contributed by atoms with E-state index in [2.05, 4.69) is 21.3 Å². The van der Waals surface area contributed by atoms with Crippen molar-refractivity contribution in [3.63, 3.8) is 0 Å². The van der Waals surface area contributed by atoms with Crippen LogP contribution in [0.2, 0.25) is 0 Å². The monoisotopic (exact) mass is 686 g/mol. The summed E-state index contributed by atoms with van der Waals surface area (Å²) in [5, 5.41) is 10.2. The molecule has 0 radical (unpaired) electrons. The predicted octanol–water partition coefficient (Wildman–Crippen LogP) is 1.94. The number of hydrogen-bond acceptors (Lipinski definition) is 8. The summed E-state index contributed by atoms with van der Waals surface area (Å²) in [5.74, 6) is -4.09. The Kier molecular flexibility index (Phi) is 15.2. The van der Waals surface area contributed by atoms with Crippen LogP contribution in [0, 0.1) is 17.3 Å². The van der Waals surface area contributed by atoms with E-state index < -0.39 is 71.6 Å². The van der Waals surface area contributed by atoms with Gasteiger partial charge in [0.2, 0.25) is 29.4 Å². The molecule has 272 valence electrons. The maximum Gasteiger partial charge on any atom is 0.407 e. The highest BCUT2D eigenvalue weighted by Crippen LogP contribution is 2.28. The number of amides is 6. The molecule has 5 atom stereocenters. The number of ether oxygens (including phenoxy) is 1. The van der Waals surface area contributed by atoms with Crippen LogP contribution in [0.25, 0.3) is 0 Å². The van der Waals surface area contributed by atoms with Gasteiger partial charge in [-0.05, 0) is 35.7 Å². The van der Waals surface area contributed by atoms with Crippen molar-refractivity contribution in [3.8, 4) is 0 Å². The quantitative estimate of drug-likeness (QED) is 0.202. The molecule has 1 fully saturated rings. The number of nitrogens with zero attached hydrogens (tertiary/aromatic N) is 2. The van der Waals surface area contributed by atoms with Gasteiger partial charge in [-0.2, -0.15) is 0 Å². The smallest absolute Gasteiger partial charge is 0.407 e. The Morgan fingerprint density at radius 1 is 0.980 bits per heavy atom. The van der Waals surface area contributed by atoms with Crippen molar-refractivity contribution in [2.24, 2.45) is 17.3 Å². The molecule has 0 saturated carbocycles. The van der Waals surface area contributed by atoms with E-state index in [0.717, 1.165) is 0 Å². The van der Waals surface area contributed by atoms with E-state index in [1.165, 1.54) is 9.80 Å². The molecule has 0 aromatic heterocycles. The van der Waals surface area contributed by atoms with Gasteiger partial charge in [-0.25, -0.2) is 4.79 Å². The van der Waals surface area contributed by atoms with E-state index in [0.29, 0.717) is 18.4 Å². The Bertz CT molecular complexity index is 1340. The van der Waals surface area contributed by atoms with Crippen LogP contribution in [0.3, 0.4) is 0 Å². The van der Waals surface area contributed by atoms with Gasteiger partial charge in [0.05, 0.1) is 19.2 Å². The minimum absolute atomic E-state index is 0.0468. The Labute approximate surface area is 289 Å². The molecule has 0 spiro atoms. The largest absolute Gasteiger partial charge is 0.449 e. The molecular weight excluding hydrogens is 632 g/mol. The number of likely N-dealkylation sites (N-methyl/N-ethyl adjacent to an activating group) is 1. The molecular formula is C35H54N6O8. The number of ketones is 1. The Balaban J connectivity index is 2.12. The van der Waals surface area contributed by atoms with Gasteiger partial charge in [0.15, 0.2) is 0 Å². The first-order chi connectivity index (χ1) is 22.9. The average Bonchev–Trinajstić information content (AvgIpc) is 3.44. The first-order valence-corrected chi connectivity index (χ1v) is 16.8. The molecule has 14 nitrogen and oxygen atoms in total. The Hall–Kier alpha value is -4.49. The van der Waals surface area contributed by atoms with Crippen LogP contribution in [0.5, 0.6) is 0 Å². The number of carbonyl (C=O) groups is 7. The van der Waals surface area contributed by atoms with Crippen LogP contribution in [0.1, 0.15) is 79.3 Å². The molecule has 1 aromatic carbocycles. The SMILES string of the molecule is CCC[C@H](NC(=O)[C@@H]1C[C@@H](C)CN1C(=O)[C@@H](NC(=O)OCC(C)C)C(C)(C)C)C(=O)C(=O)NCC(=O)NC(C(=O)N(C)C)c1ccccc1. The van der Waals surface area contributed by atoms with Crippen LogP contribution < -0.4 is 21.3 Å². The summed E-state index contributed by atoms with van der Waals surface area (Å²) < 4.78 is 5.24. The van der Waals surface area contributed by atoms with E-state index in [1.807, 2.05) is 20.8 Å². The van der Waals surface area contributed by atoms with Crippen molar-refractivity contribution in [3.05, 3.63) is 35.9 Å². The number of carbonyl (C=O) groups excluding carboxylic acids is 7. The zero-order valence-corrected chi connectivity index (χ0v) is 30.3. The highest BCUT2D eigenvalue weighted by atomic mass is 16.5. The van der Waals surface area contributed by atoms with E-state index in [1.54, 1.807) is 72.1 Å². The van der Waals surface area contributed by atoms with Crippen molar-refractivity contribution in [2.75, 3.05) is 33.8 Å². The number of nitrogens with one attached hydrogen (secondary N) is 4. The molecule has 49 heavy (non-hydrogen) atoms. The summed E-state index contributed by atoms with van der Waals surface area (Å²) in [7, 11) is 3.11. The summed E-state index contributed by atoms with van der Waals surface area (Å²) in [6.45, 7) is 12.7. The highest BCUT2D eigenvalue weighted by Gasteiger charge is 2.45. The van der Waals surface area contributed by atoms with Crippen LogP contribution in [-0.4, -0.2) is 103 Å². The van der Waals surface area contributed by atoms with Crippen molar-refractivity contribution in [1.29, 1.82) is 0 Å². The molecule has 1 unspecified atom stereocenters. The molecule has 0 aliphatic carbocycles. The molecule has 1 aliphatic heterocycles.